The van der Waals surface area contributed by atoms with Crippen LogP contribution in [0.15, 0.2) is 42.5 Å². The SMILES string of the molecule is O=C(CO)N1CC=C(c2ccc(-c3nc4cc(O[C@@H]5COC(CO)C5)[nH]c4cc3F)cc2)CC1. The smallest absolute Gasteiger partial charge is 0.248 e. The van der Waals surface area contributed by atoms with Crippen molar-refractivity contribution in [3.05, 3.63) is 53.9 Å². The standard InChI is InChI=1S/C25H26FN3O5/c26-20-10-21-22(11-23(27-21)34-19-9-18(12-30)33-14-19)28-25(20)17-3-1-15(2-4-17)16-5-7-29(8-6-16)24(32)13-31/h1-5,10-11,18-19,27,30-31H,6-9,12-14H2/t18?,19-/m0/s1. The molecule has 9 heteroatoms. The lowest BCUT2D eigenvalue weighted by Crippen LogP contribution is -2.36. The van der Waals surface area contributed by atoms with Gasteiger partial charge in [-0.25, -0.2) is 9.37 Å². The van der Waals surface area contributed by atoms with Crippen molar-refractivity contribution in [3.63, 3.8) is 0 Å². The van der Waals surface area contributed by atoms with E-state index in [1.54, 1.807) is 11.0 Å². The highest BCUT2D eigenvalue weighted by molar-refractivity contribution is 5.82. The van der Waals surface area contributed by atoms with Gasteiger partial charge in [0.15, 0.2) is 11.7 Å². The molecular formula is C25H26FN3O5. The van der Waals surface area contributed by atoms with Crippen molar-refractivity contribution >= 4 is 22.5 Å². The fourth-order valence-electron chi connectivity index (χ4n) is 4.43. The maximum Gasteiger partial charge on any atom is 0.248 e. The van der Waals surface area contributed by atoms with E-state index in [2.05, 4.69) is 9.97 Å². The van der Waals surface area contributed by atoms with E-state index < -0.39 is 12.4 Å². The zero-order valence-corrected chi connectivity index (χ0v) is 18.5. The number of halogens is 1. The second-order valence-electron chi connectivity index (χ2n) is 8.55. The van der Waals surface area contributed by atoms with Gasteiger partial charge in [0.05, 0.1) is 30.4 Å². The number of rotatable bonds is 6. The van der Waals surface area contributed by atoms with Gasteiger partial charge >= 0.3 is 0 Å². The number of H-pyrrole nitrogens is 1. The summed E-state index contributed by atoms with van der Waals surface area (Å²) in [6.45, 7) is 0.904. The number of hydrogen-bond donors (Lipinski definition) is 3. The van der Waals surface area contributed by atoms with Gasteiger partial charge in [-0.05, 0) is 17.6 Å². The number of carbonyl (C=O) groups is 1. The van der Waals surface area contributed by atoms with Crippen molar-refractivity contribution in [2.75, 3.05) is 32.9 Å². The van der Waals surface area contributed by atoms with E-state index in [1.807, 2.05) is 30.3 Å². The second-order valence-corrected chi connectivity index (χ2v) is 8.55. The lowest BCUT2D eigenvalue weighted by Gasteiger charge is -2.26. The minimum Gasteiger partial charge on any atom is -0.473 e. The molecule has 3 aromatic rings. The number of pyridine rings is 1. The minimum atomic E-state index is -0.477. The number of aliphatic hydroxyl groups excluding tert-OH is 2. The number of aromatic nitrogens is 2. The summed E-state index contributed by atoms with van der Waals surface area (Å²) in [6, 6.07) is 10.7. The van der Waals surface area contributed by atoms with Gasteiger partial charge in [-0.3, -0.25) is 4.79 Å². The quantitative estimate of drug-likeness (QED) is 0.514. The fourth-order valence-corrected chi connectivity index (χ4v) is 4.43. The van der Waals surface area contributed by atoms with Gasteiger partial charge in [0.2, 0.25) is 5.91 Å². The van der Waals surface area contributed by atoms with Crippen LogP contribution in [-0.2, 0) is 9.53 Å². The summed E-state index contributed by atoms with van der Waals surface area (Å²) in [7, 11) is 0. The third-order valence-electron chi connectivity index (χ3n) is 6.30. The molecule has 5 rings (SSSR count). The molecule has 1 saturated heterocycles. The van der Waals surface area contributed by atoms with Gasteiger partial charge < -0.3 is 29.6 Å². The maximum atomic E-state index is 14.9. The number of fused-ring (bicyclic) bond motifs is 1. The summed E-state index contributed by atoms with van der Waals surface area (Å²) in [5.41, 5.74) is 4.18. The molecule has 2 atom stereocenters. The first kappa shape index (κ1) is 22.5. The number of aliphatic hydroxyl groups is 2. The van der Waals surface area contributed by atoms with Crippen molar-refractivity contribution in [2.24, 2.45) is 0 Å². The van der Waals surface area contributed by atoms with Crippen LogP contribution in [0.25, 0.3) is 27.9 Å². The molecule has 178 valence electrons. The van der Waals surface area contributed by atoms with Crippen molar-refractivity contribution < 1.29 is 28.9 Å². The first-order chi connectivity index (χ1) is 16.5. The van der Waals surface area contributed by atoms with Crippen LogP contribution in [0.5, 0.6) is 5.88 Å². The molecule has 34 heavy (non-hydrogen) atoms. The van der Waals surface area contributed by atoms with E-state index in [9.17, 15) is 14.3 Å². The predicted molar refractivity (Wildman–Crippen MR) is 124 cm³/mol. The Kier molecular flexibility index (Phi) is 6.32. The number of carbonyl (C=O) groups excluding carboxylic acids is 1. The van der Waals surface area contributed by atoms with E-state index >= 15 is 0 Å². The highest BCUT2D eigenvalue weighted by Crippen LogP contribution is 2.30. The molecule has 0 radical (unpaired) electrons. The second kappa shape index (κ2) is 9.54. The Hall–Kier alpha value is -3.27. The summed E-state index contributed by atoms with van der Waals surface area (Å²) in [4.78, 5) is 20.8. The van der Waals surface area contributed by atoms with Gasteiger partial charge in [0.1, 0.15) is 18.4 Å². The van der Waals surface area contributed by atoms with Gasteiger partial charge in [-0.1, -0.05) is 30.3 Å². The van der Waals surface area contributed by atoms with Gasteiger partial charge in [0, 0.05) is 37.2 Å². The zero-order chi connectivity index (χ0) is 23.7. The highest BCUT2D eigenvalue weighted by atomic mass is 19.1. The Morgan fingerprint density at radius 3 is 2.71 bits per heavy atom. The van der Waals surface area contributed by atoms with Gasteiger partial charge in [0.25, 0.3) is 0 Å². The first-order valence-corrected chi connectivity index (χ1v) is 11.3. The normalized spacial score (nSPS) is 20.6. The molecule has 0 saturated carbocycles. The van der Waals surface area contributed by atoms with Crippen molar-refractivity contribution in [3.8, 4) is 17.1 Å². The predicted octanol–water partition coefficient (Wildman–Crippen LogP) is 2.51. The molecular weight excluding hydrogens is 441 g/mol. The topological polar surface area (TPSA) is 108 Å². The van der Waals surface area contributed by atoms with Crippen LogP contribution in [-0.4, -0.2) is 76.1 Å². The molecule has 0 bridgehead atoms. The molecule has 1 aromatic carbocycles. The van der Waals surface area contributed by atoms with E-state index in [1.165, 1.54) is 6.07 Å². The van der Waals surface area contributed by atoms with Crippen LogP contribution in [0.1, 0.15) is 18.4 Å². The molecule has 2 aliphatic heterocycles. The Labute approximate surface area is 195 Å². The number of nitrogens with one attached hydrogen (secondary N) is 1. The van der Waals surface area contributed by atoms with E-state index in [-0.39, 0.29) is 30.4 Å². The fraction of sp³-hybridized carbons (Fsp3) is 0.360. The summed E-state index contributed by atoms with van der Waals surface area (Å²) in [5, 5.41) is 18.2. The summed E-state index contributed by atoms with van der Waals surface area (Å²) >= 11 is 0. The summed E-state index contributed by atoms with van der Waals surface area (Å²) in [5.74, 6) is -0.223. The van der Waals surface area contributed by atoms with Crippen LogP contribution in [0, 0.1) is 5.82 Å². The maximum absolute atomic E-state index is 14.9. The Bertz CT molecular complexity index is 1220. The van der Waals surface area contributed by atoms with Crippen LogP contribution in [0.3, 0.4) is 0 Å². The van der Waals surface area contributed by atoms with Crippen molar-refractivity contribution in [2.45, 2.75) is 25.0 Å². The number of hydrogen-bond acceptors (Lipinski definition) is 6. The van der Waals surface area contributed by atoms with Crippen LogP contribution < -0.4 is 4.74 Å². The molecule has 1 fully saturated rings. The van der Waals surface area contributed by atoms with Crippen molar-refractivity contribution in [1.29, 1.82) is 0 Å². The molecule has 0 spiro atoms. The number of ether oxygens (including phenoxy) is 2. The largest absolute Gasteiger partial charge is 0.473 e. The zero-order valence-electron chi connectivity index (χ0n) is 18.5. The third kappa shape index (κ3) is 4.54. The molecule has 0 aliphatic carbocycles. The summed E-state index contributed by atoms with van der Waals surface area (Å²) in [6.07, 6.45) is 2.88. The number of nitrogens with zero attached hydrogens (tertiary/aromatic N) is 2. The van der Waals surface area contributed by atoms with E-state index in [4.69, 9.17) is 14.6 Å². The lowest BCUT2D eigenvalue weighted by atomic mass is 9.97. The van der Waals surface area contributed by atoms with Gasteiger partial charge in [-0.2, -0.15) is 0 Å². The molecule has 2 aromatic heterocycles. The molecule has 1 unspecified atom stereocenters. The van der Waals surface area contributed by atoms with Crippen LogP contribution >= 0.6 is 0 Å². The molecule has 3 N–H and O–H groups in total. The molecule has 2 aliphatic rings. The van der Waals surface area contributed by atoms with E-state index in [0.717, 1.165) is 11.1 Å². The van der Waals surface area contributed by atoms with Crippen LogP contribution in [0.2, 0.25) is 0 Å². The number of aromatic amines is 1. The average molecular weight is 467 g/mol. The van der Waals surface area contributed by atoms with Gasteiger partial charge in [-0.15, -0.1) is 0 Å². The first-order valence-electron chi connectivity index (χ1n) is 11.3. The monoisotopic (exact) mass is 467 g/mol. The van der Waals surface area contributed by atoms with Crippen molar-refractivity contribution in [1.82, 2.24) is 14.9 Å². The molecule has 4 heterocycles. The molecule has 8 nitrogen and oxygen atoms in total. The molecule has 1 amide bonds. The summed E-state index contributed by atoms with van der Waals surface area (Å²) < 4.78 is 26.2. The average Bonchev–Trinajstić information content (AvgIpc) is 3.49. The lowest BCUT2D eigenvalue weighted by molar-refractivity contribution is -0.133. The Balaban J connectivity index is 1.32. The highest BCUT2D eigenvalue weighted by Gasteiger charge is 2.27. The van der Waals surface area contributed by atoms with E-state index in [0.29, 0.717) is 55.0 Å². The Morgan fingerprint density at radius 2 is 2.03 bits per heavy atom. The minimum absolute atomic E-state index is 0.0411. The third-order valence-corrected chi connectivity index (χ3v) is 6.30. The van der Waals surface area contributed by atoms with Crippen LogP contribution in [0.4, 0.5) is 4.39 Å². The number of amides is 1. The Morgan fingerprint density at radius 1 is 1.24 bits per heavy atom. The number of benzene rings is 1.